The topological polar surface area (TPSA) is 98.6 Å². The Labute approximate surface area is 233 Å². The minimum atomic E-state index is -0.468. The molecule has 208 valence electrons. The lowest BCUT2D eigenvalue weighted by Gasteiger charge is -2.31. The van der Waals surface area contributed by atoms with E-state index < -0.39 is 5.82 Å². The van der Waals surface area contributed by atoms with Crippen molar-refractivity contribution in [3.8, 4) is 0 Å². The Morgan fingerprint density at radius 3 is 2.40 bits per heavy atom. The number of amides is 2. The van der Waals surface area contributed by atoms with Crippen LogP contribution in [0.4, 0.5) is 21.5 Å². The number of rotatable bonds is 8. The lowest BCUT2D eigenvalue weighted by atomic mass is 10.1. The van der Waals surface area contributed by atoms with E-state index in [1.165, 1.54) is 6.07 Å². The summed E-state index contributed by atoms with van der Waals surface area (Å²) in [6.07, 6.45) is 11.0. The highest BCUT2D eigenvalue weighted by molar-refractivity contribution is 6.04. The number of aliphatic hydroxyl groups excluding tert-OH is 1. The molecule has 0 radical (unpaired) electrons. The number of carbonyl (C=O) groups excluding carboxylic acids is 2. The molecule has 8 nitrogen and oxygen atoms in total. The highest BCUT2D eigenvalue weighted by atomic mass is 19.1. The number of nitrogens with one attached hydrogen (secondary N) is 3. The smallest absolute Gasteiger partial charge is 0.257 e. The van der Waals surface area contributed by atoms with E-state index in [1.54, 1.807) is 30.5 Å². The Bertz CT molecular complexity index is 1420. The summed E-state index contributed by atoms with van der Waals surface area (Å²) in [6.45, 7) is 4.36. The summed E-state index contributed by atoms with van der Waals surface area (Å²) in [5, 5.41) is 18.5. The van der Waals surface area contributed by atoms with Crippen LogP contribution >= 0.6 is 0 Å². The lowest BCUT2D eigenvalue weighted by Crippen LogP contribution is -2.35. The molecule has 2 aromatic carbocycles. The van der Waals surface area contributed by atoms with E-state index in [2.05, 4.69) is 20.9 Å². The van der Waals surface area contributed by atoms with Gasteiger partial charge in [0.2, 0.25) is 0 Å². The highest BCUT2D eigenvalue weighted by Gasteiger charge is 2.18. The fourth-order valence-electron chi connectivity index (χ4n) is 4.86. The van der Waals surface area contributed by atoms with Crippen LogP contribution in [0.15, 0.2) is 84.8 Å². The summed E-state index contributed by atoms with van der Waals surface area (Å²) < 4.78 is 16.7. The van der Waals surface area contributed by atoms with Gasteiger partial charge in [0.15, 0.2) is 0 Å². The van der Waals surface area contributed by atoms with Gasteiger partial charge in [-0.2, -0.15) is 0 Å². The lowest BCUT2D eigenvalue weighted by molar-refractivity contribution is 0.0965. The minimum absolute atomic E-state index is 0.147. The number of piperidine rings is 1. The number of anilines is 3. The summed E-state index contributed by atoms with van der Waals surface area (Å²) in [5.41, 5.74) is 3.52. The Hall–Kier alpha value is -4.37. The molecule has 0 bridgehead atoms. The van der Waals surface area contributed by atoms with Crippen molar-refractivity contribution in [3.63, 3.8) is 0 Å². The summed E-state index contributed by atoms with van der Waals surface area (Å²) in [4.78, 5) is 27.4. The summed E-state index contributed by atoms with van der Waals surface area (Å²) >= 11 is 0. The molecule has 1 aliphatic carbocycles. The van der Waals surface area contributed by atoms with E-state index in [1.807, 2.05) is 54.1 Å². The van der Waals surface area contributed by atoms with Gasteiger partial charge >= 0.3 is 0 Å². The van der Waals surface area contributed by atoms with E-state index in [0.29, 0.717) is 34.6 Å². The number of benzene rings is 2. The van der Waals surface area contributed by atoms with Crippen LogP contribution < -0.4 is 20.9 Å². The first kappa shape index (κ1) is 27.2. The van der Waals surface area contributed by atoms with Gasteiger partial charge in [-0.05, 0) is 80.8 Å². The van der Waals surface area contributed by atoms with Gasteiger partial charge in [0.05, 0.1) is 17.4 Å². The van der Waals surface area contributed by atoms with Crippen LogP contribution in [0.2, 0.25) is 0 Å². The highest BCUT2D eigenvalue weighted by Crippen LogP contribution is 2.23. The van der Waals surface area contributed by atoms with Crippen LogP contribution in [-0.4, -0.2) is 46.7 Å². The van der Waals surface area contributed by atoms with Crippen molar-refractivity contribution in [1.29, 1.82) is 0 Å². The van der Waals surface area contributed by atoms with E-state index in [0.717, 1.165) is 38.2 Å². The third-order valence-corrected chi connectivity index (χ3v) is 7.26. The molecule has 2 amide bonds. The molecule has 4 N–H and O–H groups in total. The van der Waals surface area contributed by atoms with Crippen LogP contribution in [0, 0.1) is 5.82 Å². The maximum atomic E-state index is 14.8. The molecule has 0 spiro atoms. The number of hydrogen-bond donors (Lipinski definition) is 4. The number of aliphatic hydroxyl groups is 1. The van der Waals surface area contributed by atoms with Crippen LogP contribution in [-0.2, 0) is 6.54 Å². The average Bonchev–Trinajstić information content (AvgIpc) is 3.46. The Balaban J connectivity index is 1.11. The molecule has 2 heterocycles. The second-order valence-corrected chi connectivity index (χ2v) is 10.1. The normalized spacial score (nSPS) is 17.3. The van der Waals surface area contributed by atoms with Crippen molar-refractivity contribution in [1.82, 2.24) is 9.88 Å². The van der Waals surface area contributed by atoms with Crippen LogP contribution in [0.3, 0.4) is 0 Å². The number of aryl methyl sites for hydroxylation is 1. The maximum Gasteiger partial charge on any atom is 0.257 e. The molecule has 1 aliphatic heterocycles. The molecule has 40 heavy (non-hydrogen) atoms. The molecule has 1 atom stereocenters. The summed E-state index contributed by atoms with van der Waals surface area (Å²) in [7, 11) is 0. The van der Waals surface area contributed by atoms with Crippen LogP contribution in [0.25, 0.3) is 0 Å². The predicted molar refractivity (Wildman–Crippen MR) is 155 cm³/mol. The number of allylic oxidation sites excluding steroid dienone is 1. The van der Waals surface area contributed by atoms with Gasteiger partial charge in [0.1, 0.15) is 5.82 Å². The third kappa shape index (κ3) is 6.60. The zero-order valence-electron chi connectivity index (χ0n) is 22.4. The Kier molecular flexibility index (Phi) is 8.31. The largest absolute Gasteiger partial charge is 0.393 e. The molecule has 2 aliphatic rings. The fourth-order valence-corrected chi connectivity index (χ4v) is 4.86. The van der Waals surface area contributed by atoms with Gasteiger partial charge in [-0.3, -0.25) is 9.59 Å². The van der Waals surface area contributed by atoms with Crippen molar-refractivity contribution < 1.29 is 19.1 Å². The van der Waals surface area contributed by atoms with Gasteiger partial charge in [0, 0.05) is 60.7 Å². The van der Waals surface area contributed by atoms with E-state index in [9.17, 15) is 19.1 Å². The maximum absolute atomic E-state index is 14.8. The molecular weight excluding hydrogens is 509 g/mol. The first-order chi connectivity index (χ1) is 19.4. The molecule has 1 aromatic heterocycles. The monoisotopic (exact) mass is 543 g/mol. The van der Waals surface area contributed by atoms with E-state index in [-0.39, 0.29) is 24.0 Å². The zero-order valence-corrected chi connectivity index (χ0v) is 22.4. The molecular formula is C31H34FN5O3. The Morgan fingerprint density at radius 2 is 1.75 bits per heavy atom. The molecule has 1 fully saturated rings. The molecule has 1 saturated heterocycles. The standard InChI is InChI=1S/C31H34FN5O3/c1-2-36-16-13-22(20-36)31(40)35-25-9-12-29(28(32)19-25)33-23-5-7-24(8-6-23)34-30(39)21-3-10-26(11-4-21)37-17-14-27(38)15-18-37/h3-5,7-13,16,19-20,23,27,33,38H,2,6,14-15,17-18H2,1H3,(H,34,39)(H,35,40). The van der Waals surface area contributed by atoms with E-state index in [4.69, 9.17) is 0 Å². The number of nitrogens with zero attached hydrogens (tertiary/aromatic N) is 2. The fraction of sp³-hybridized carbons (Fsp3) is 0.290. The second kappa shape index (κ2) is 12.2. The number of aromatic nitrogens is 1. The summed E-state index contributed by atoms with van der Waals surface area (Å²) in [6, 6.07) is 13.6. The average molecular weight is 544 g/mol. The van der Waals surface area contributed by atoms with Gasteiger partial charge in [-0.25, -0.2) is 4.39 Å². The molecule has 5 rings (SSSR count). The van der Waals surface area contributed by atoms with Crippen LogP contribution in [0.1, 0.15) is 46.9 Å². The number of halogens is 1. The van der Waals surface area contributed by atoms with Crippen molar-refractivity contribution in [3.05, 3.63) is 102 Å². The first-order valence-corrected chi connectivity index (χ1v) is 13.6. The van der Waals surface area contributed by atoms with Crippen molar-refractivity contribution in [2.24, 2.45) is 0 Å². The molecule has 1 unspecified atom stereocenters. The molecule has 0 saturated carbocycles. The number of hydrogen-bond acceptors (Lipinski definition) is 5. The van der Waals surface area contributed by atoms with Gasteiger partial charge in [-0.15, -0.1) is 0 Å². The van der Waals surface area contributed by atoms with Gasteiger partial charge in [-0.1, -0.05) is 12.2 Å². The second-order valence-electron chi connectivity index (χ2n) is 10.1. The third-order valence-electron chi connectivity index (χ3n) is 7.26. The summed E-state index contributed by atoms with van der Waals surface area (Å²) in [5.74, 6) is -0.955. The number of carbonyl (C=O) groups is 2. The van der Waals surface area contributed by atoms with Gasteiger partial charge < -0.3 is 30.5 Å². The minimum Gasteiger partial charge on any atom is -0.393 e. The van der Waals surface area contributed by atoms with Crippen molar-refractivity contribution >= 4 is 28.9 Å². The van der Waals surface area contributed by atoms with E-state index >= 15 is 0 Å². The quantitative estimate of drug-likeness (QED) is 0.324. The van der Waals surface area contributed by atoms with Crippen LogP contribution in [0.5, 0.6) is 0 Å². The predicted octanol–water partition coefficient (Wildman–Crippen LogP) is 4.91. The van der Waals surface area contributed by atoms with Gasteiger partial charge in [0.25, 0.3) is 11.8 Å². The zero-order chi connectivity index (χ0) is 28.1. The Morgan fingerprint density at radius 1 is 1.00 bits per heavy atom. The first-order valence-electron chi connectivity index (χ1n) is 13.6. The molecule has 3 aromatic rings. The van der Waals surface area contributed by atoms with Crippen molar-refractivity contribution in [2.45, 2.75) is 44.9 Å². The molecule has 9 heteroatoms. The van der Waals surface area contributed by atoms with Crippen molar-refractivity contribution in [2.75, 3.05) is 28.6 Å². The SMILES string of the molecule is CCn1ccc(C(=O)Nc2ccc(NC3C=CC(NC(=O)c4ccc(N5CCC(O)CC5)cc4)=CC3)c(F)c2)c1.